The fourth-order valence-electron chi connectivity index (χ4n) is 2.62. The summed E-state index contributed by atoms with van der Waals surface area (Å²) in [5.41, 5.74) is 3.36. The summed E-state index contributed by atoms with van der Waals surface area (Å²) in [5.74, 6) is 0.773. The number of amides is 1. The van der Waals surface area contributed by atoms with Crippen LogP contribution in [0.15, 0.2) is 17.9 Å². The molecule has 0 aromatic carbocycles. The Labute approximate surface area is 127 Å². The van der Waals surface area contributed by atoms with Gasteiger partial charge in [-0.15, -0.1) is 11.3 Å². The van der Waals surface area contributed by atoms with Crippen LogP contribution in [0.5, 0.6) is 0 Å². The van der Waals surface area contributed by atoms with E-state index in [1.807, 2.05) is 18.9 Å². The molecule has 1 fully saturated rings. The quantitative estimate of drug-likeness (QED) is 0.941. The number of carbonyl (C=O) groups is 1. The molecule has 3 heterocycles. The Balaban J connectivity index is 1.88. The highest BCUT2D eigenvalue weighted by Crippen LogP contribution is 2.33. The first-order valence-electron chi connectivity index (χ1n) is 6.91. The lowest BCUT2D eigenvalue weighted by atomic mass is 10.1. The van der Waals surface area contributed by atoms with Gasteiger partial charge in [0, 0.05) is 13.6 Å². The van der Waals surface area contributed by atoms with Crippen LogP contribution in [0.2, 0.25) is 0 Å². The summed E-state index contributed by atoms with van der Waals surface area (Å²) in [6.07, 6.45) is 5.33. The van der Waals surface area contributed by atoms with E-state index in [2.05, 4.69) is 20.3 Å². The number of nitrogens with one attached hydrogen (secondary N) is 1. The Morgan fingerprint density at radius 2 is 2.33 bits per heavy atom. The second kappa shape index (κ2) is 5.77. The average molecular weight is 303 g/mol. The van der Waals surface area contributed by atoms with Gasteiger partial charge in [-0.2, -0.15) is 0 Å². The average Bonchev–Trinajstić information content (AvgIpc) is 3.15. The standard InChI is InChI=1S/C14H17N5OS/c1-9-13(21-8-17-9)14(20)19-5-3-4-11(19)10-6-16-7-12(15-2)18-10/h6-8,11H,3-5H2,1-2H3,(H,15,18)/t11-/m0/s1. The van der Waals surface area contributed by atoms with Gasteiger partial charge >= 0.3 is 0 Å². The molecule has 110 valence electrons. The van der Waals surface area contributed by atoms with Crippen molar-refractivity contribution in [3.05, 3.63) is 34.2 Å². The first-order chi connectivity index (χ1) is 10.2. The smallest absolute Gasteiger partial charge is 0.266 e. The summed E-state index contributed by atoms with van der Waals surface area (Å²) in [7, 11) is 1.81. The van der Waals surface area contributed by atoms with Gasteiger partial charge in [0.2, 0.25) is 0 Å². The summed E-state index contributed by atoms with van der Waals surface area (Å²) in [6.45, 7) is 2.63. The topological polar surface area (TPSA) is 71.0 Å². The second-order valence-electron chi connectivity index (χ2n) is 5.00. The molecule has 0 spiro atoms. The van der Waals surface area contributed by atoms with Crippen LogP contribution in [0.1, 0.15) is 39.9 Å². The van der Waals surface area contributed by atoms with Crippen molar-refractivity contribution in [2.45, 2.75) is 25.8 Å². The van der Waals surface area contributed by atoms with Crippen LogP contribution in [-0.2, 0) is 0 Å². The second-order valence-corrected chi connectivity index (χ2v) is 5.86. The number of likely N-dealkylation sites (tertiary alicyclic amines) is 1. The monoisotopic (exact) mass is 303 g/mol. The predicted molar refractivity (Wildman–Crippen MR) is 81.4 cm³/mol. The van der Waals surface area contributed by atoms with Crippen molar-refractivity contribution in [1.82, 2.24) is 19.9 Å². The molecule has 2 aromatic rings. The SMILES string of the molecule is CNc1cncc([C@@H]2CCCN2C(=O)c2scnc2C)n1. The molecule has 1 N–H and O–H groups in total. The van der Waals surface area contributed by atoms with Gasteiger partial charge < -0.3 is 10.2 Å². The van der Waals surface area contributed by atoms with Crippen molar-refractivity contribution < 1.29 is 4.79 Å². The summed E-state index contributed by atoms with van der Waals surface area (Å²) in [5, 5.41) is 2.99. The number of carbonyl (C=O) groups excluding carboxylic acids is 1. The highest BCUT2D eigenvalue weighted by Gasteiger charge is 2.33. The molecule has 0 bridgehead atoms. The number of hydrogen-bond acceptors (Lipinski definition) is 6. The molecular weight excluding hydrogens is 286 g/mol. The first kappa shape index (κ1) is 13.9. The van der Waals surface area contributed by atoms with Crippen molar-refractivity contribution in [1.29, 1.82) is 0 Å². The lowest BCUT2D eigenvalue weighted by molar-refractivity contribution is 0.0736. The lowest BCUT2D eigenvalue weighted by Crippen LogP contribution is -2.31. The van der Waals surface area contributed by atoms with Crippen molar-refractivity contribution in [2.24, 2.45) is 0 Å². The Kier molecular flexibility index (Phi) is 3.83. The number of rotatable bonds is 3. The molecule has 0 radical (unpaired) electrons. The fourth-order valence-corrected chi connectivity index (χ4v) is 3.37. The Morgan fingerprint density at radius 1 is 1.48 bits per heavy atom. The van der Waals surface area contributed by atoms with Crippen LogP contribution in [0.3, 0.4) is 0 Å². The van der Waals surface area contributed by atoms with Gasteiger partial charge in [-0.3, -0.25) is 9.78 Å². The molecule has 0 saturated carbocycles. The van der Waals surface area contributed by atoms with E-state index in [1.165, 1.54) is 11.3 Å². The van der Waals surface area contributed by atoms with Crippen LogP contribution < -0.4 is 5.32 Å². The van der Waals surface area contributed by atoms with Gasteiger partial charge in [0.05, 0.1) is 35.3 Å². The maximum Gasteiger partial charge on any atom is 0.266 e. The van der Waals surface area contributed by atoms with Gasteiger partial charge in [-0.05, 0) is 19.8 Å². The van der Waals surface area contributed by atoms with E-state index < -0.39 is 0 Å². The third-order valence-corrected chi connectivity index (χ3v) is 4.62. The van der Waals surface area contributed by atoms with Gasteiger partial charge in [-0.1, -0.05) is 0 Å². The third kappa shape index (κ3) is 2.61. The highest BCUT2D eigenvalue weighted by atomic mass is 32.1. The summed E-state index contributed by atoms with van der Waals surface area (Å²) in [4.78, 5) is 28.2. The van der Waals surface area contributed by atoms with Crippen molar-refractivity contribution >= 4 is 23.1 Å². The summed E-state index contributed by atoms with van der Waals surface area (Å²) < 4.78 is 0. The molecular formula is C14H17N5OS. The minimum Gasteiger partial charge on any atom is -0.372 e. The van der Waals surface area contributed by atoms with E-state index in [9.17, 15) is 4.79 Å². The van der Waals surface area contributed by atoms with Crippen LogP contribution in [-0.4, -0.2) is 39.4 Å². The number of thiazole rings is 1. The molecule has 1 amide bonds. The molecule has 3 rings (SSSR count). The molecule has 2 aromatic heterocycles. The van der Waals surface area contributed by atoms with Gasteiger partial charge in [0.15, 0.2) is 0 Å². The zero-order chi connectivity index (χ0) is 14.8. The van der Waals surface area contributed by atoms with Crippen LogP contribution in [0.4, 0.5) is 5.82 Å². The lowest BCUT2D eigenvalue weighted by Gasteiger charge is -2.24. The van der Waals surface area contributed by atoms with Gasteiger partial charge in [-0.25, -0.2) is 9.97 Å². The zero-order valence-electron chi connectivity index (χ0n) is 12.0. The normalized spacial score (nSPS) is 18.0. The van der Waals surface area contributed by atoms with Crippen molar-refractivity contribution in [3.8, 4) is 0 Å². The zero-order valence-corrected chi connectivity index (χ0v) is 12.9. The molecule has 6 nitrogen and oxygen atoms in total. The van der Waals surface area contributed by atoms with Crippen LogP contribution in [0.25, 0.3) is 0 Å². The Bertz CT molecular complexity index is 656. The van der Waals surface area contributed by atoms with Crippen molar-refractivity contribution in [3.63, 3.8) is 0 Å². The van der Waals surface area contributed by atoms with E-state index in [0.29, 0.717) is 0 Å². The van der Waals surface area contributed by atoms with E-state index in [4.69, 9.17) is 0 Å². The van der Waals surface area contributed by atoms with Crippen molar-refractivity contribution in [2.75, 3.05) is 18.9 Å². The maximum atomic E-state index is 12.7. The van der Waals surface area contributed by atoms with Gasteiger partial charge in [0.1, 0.15) is 10.7 Å². The summed E-state index contributed by atoms with van der Waals surface area (Å²) >= 11 is 1.40. The Morgan fingerprint density at radius 3 is 3.05 bits per heavy atom. The number of hydrogen-bond donors (Lipinski definition) is 1. The van der Waals surface area contributed by atoms with E-state index in [1.54, 1.807) is 17.9 Å². The van der Waals surface area contributed by atoms with E-state index in [-0.39, 0.29) is 11.9 Å². The summed E-state index contributed by atoms with van der Waals surface area (Å²) in [6, 6.07) is -0.000185. The fraction of sp³-hybridized carbons (Fsp3) is 0.429. The maximum absolute atomic E-state index is 12.7. The molecule has 1 atom stereocenters. The van der Waals surface area contributed by atoms with Gasteiger partial charge in [0.25, 0.3) is 5.91 Å². The molecule has 0 unspecified atom stereocenters. The Hall–Kier alpha value is -2.02. The highest BCUT2D eigenvalue weighted by molar-refractivity contribution is 7.11. The third-order valence-electron chi connectivity index (χ3n) is 3.70. The molecule has 0 aliphatic carbocycles. The molecule has 1 aliphatic rings. The number of nitrogens with zero attached hydrogens (tertiary/aromatic N) is 4. The van der Waals surface area contributed by atoms with Crippen LogP contribution in [0, 0.1) is 6.92 Å². The molecule has 1 saturated heterocycles. The largest absolute Gasteiger partial charge is 0.372 e. The predicted octanol–water partition coefficient (Wildman–Crippen LogP) is 2.26. The molecule has 7 heteroatoms. The number of anilines is 1. The minimum atomic E-state index is -0.000185. The first-order valence-corrected chi connectivity index (χ1v) is 7.79. The van der Waals surface area contributed by atoms with E-state index >= 15 is 0 Å². The van der Waals surface area contributed by atoms with Crippen LogP contribution >= 0.6 is 11.3 Å². The molecule has 21 heavy (non-hydrogen) atoms. The van der Waals surface area contributed by atoms with E-state index in [0.717, 1.165) is 41.5 Å². The number of aryl methyl sites for hydroxylation is 1. The minimum absolute atomic E-state index is 0.000185. The number of aromatic nitrogens is 3. The molecule has 1 aliphatic heterocycles.